The van der Waals surface area contributed by atoms with E-state index in [1.807, 2.05) is 120 Å². The highest BCUT2D eigenvalue weighted by Gasteiger charge is 2.45. The van der Waals surface area contributed by atoms with E-state index in [0.717, 1.165) is 257 Å². The zero-order valence-electron chi connectivity index (χ0n) is 79.2. The fourth-order valence-electron chi connectivity index (χ4n) is 19.8. The molecule has 9 aliphatic heterocycles. The molecule has 6 atom stereocenters. The maximum Gasteiger partial charge on any atom is 0.336 e. The Kier molecular flexibility index (Phi) is 30.9. The third-order valence-electron chi connectivity index (χ3n) is 25.2. The highest BCUT2D eigenvalue weighted by molar-refractivity contribution is 9.10. The SMILES string of the molecule is CCCC1=C(C(=O)OCC)C(c2c(OC)ccc3ccccc23)c2cn[nH]c2N1.CCCC1=C(C(=O)OCC)C(c2cc(Br)cc3c2OCC3)c2cn[nH]c2N1.CCCC1=C(C(=O)OCC)C(c2cc(Cl)cc3c2OC(C)C3)c2cn[nH]c2N1.CCCC1=C(C(=O)OCC)C(c2cccc3c2OCC3)c2cn[nH]c2N1.CCCC1=C(C(=O)OCC)C(c2cccc3c2OCC=C3)c2cn[nH]c2N1. The van der Waals surface area contributed by atoms with Crippen LogP contribution >= 0.6 is 27.5 Å². The zero-order chi connectivity index (χ0) is 96.1. The maximum atomic E-state index is 13.1. The number of aromatic nitrogens is 10. The number of hydrogen-bond donors (Lipinski definition) is 10. The molecule has 9 aliphatic rings. The molecule has 0 aliphatic carbocycles. The largest absolute Gasteiger partial charge is 0.496 e. The number of para-hydroxylation sites is 2. The first-order chi connectivity index (χ1) is 66.8. The van der Waals surface area contributed by atoms with Crippen molar-refractivity contribution in [2.45, 2.75) is 195 Å². The summed E-state index contributed by atoms with van der Waals surface area (Å²) >= 11 is 10.1. The zero-order valence-corrected chi connectivity index (χ0v) is 81.6. The number of allylic oxidation sites excluding steroid dienone is 5. The first-order valence-corrected chi connectivity index (χ1v) is 48.7. The van der Waals surface area contributed by atoms with Gasteiger partial charge in [-0.25, -0.2) is 24.0 Å². The van der Waals surface area contributed by atoms with Crippen LogP contribution in [0.25, 0.3) is 16.8 Å². The second-order valence-electron chi connectivity index (χ2n) is 34.1. The molecule has 14 heterocycles. The van der Waals surface area contributed by atoms with Crippen molar-refractivity contribution in [3.63, 3.8) is 0 Å². The number of halogens is 2. The number of benzene rings is 6. The minimum absolute atomic E-state index is 0.0721. The first kappa shape index (κ1) is 96.3. The fraction of sp³-hybridized carbons (Fsp3) is 0.371. The Balaban J connectivity index is 0.000000124. The molecule has 5 aromatic heterocycles. The lowest BCUT2D eigenvalue weighted by molar-refractivity contribution is -0.139. The number of H-pyrrole nitrogens is 5. The molecule has 716 valence electrons. The van der Waals surface area contributed by atoms with E-state index in [0.29, 0.717) is 85.7 Å². The van der Waals surface area contributed by atoms with Crippen molar-refractivity contribution >= 4 is 103 Å². The van der Waals surface area contributed by atoms with Gasteiger partial charge in [-0.3, -0.25) is 25.5 Å². The van der Waals surface area contributed by atoms with Crippen LogP contribution in [-0.2, 0) is 66.9 Å². The van der Waals surface area contributed by atoms with Crippen molar-refractivity contribution in [1.29, 1.82) is 0 Å². The van der Waals surface area contributed by atoms with Crippen LogP contribution in [0.3, 0.4) is 0 Å². The summed E-state index contributed by atoms with van der Waals surface area (Å²) in [6.45, 7) is 25.1. The molecule has 6 unspecified atom stereocenters. The summed E-state index contributed by atoms with van der Waals surface area (Å²) in [6.07, 6.45) is 23.8. The Hall–Kier alpha value is -13.8. The van der Waals surface area contributed by atoms with Crippen molar-refractivity contribution in [1.82, 2.24) is 51.0 Å². The van der Waals surface area contributed by atoms with E-state index in [4.69, 9.17) is 59.0 Å². The van der Waals surface area contributed by atoms with Crippen LogP contribution in [0.2, 0.25) is 5.02 Å². The molecule has 0 saturated carbocycles. The van der Waals surface area contributed by atoms with Crippen molar-refractivity contribution in [3.05, 3.63) is 278 Å². The number of esters is 5. The summed E-state index contributed by atoms with van der Waals surface area (Å²) in [6, 6.07) is 32.3. The number of fused-ring (bicyclic) bond motifs is 10. The molecule has 6 aromatic carbocycles. The van der Waals surface area contributed by atoms with Gasteiger partial charge in [0.25, 0.3) is 0 Å². The summed E-state index contributed by atoms with van der Waals surface area (Å²) < 4.78 is 57.9. The average molecular weight is 1940 g/mol. The van der Waals surface area contributed by atoms with E-state index in [9.17, 15) is 24.0 Å². The minimum atomic E-state index is -0.353. The summed E-state index contributed by atoms with van der Waals surface area (Å²) in [5.41, 5.74) is 21.3. The molecule has 0 spiro atoms. The third-order valence-corrected chi connectivity index (χ3v) is 25.9. The topological polar surface area (TPSA) is 381 Å². The minimum Gasteiger partial charge on any atom is -0.496 e. The highest BCUT2D eigenvalue weighted by atomic mass is 79.9. The van der Waals surface area contributed by atoms with Crippen LogP contribution in [0, 0.1) is 0 Å². The van der Waals surface area contributed by atoms with E-state index in [-0.39, 0.29) is 65.5 Å². The number of rotatable bonds is 26. The number of nitrogens with one attached hydrogen (secondary N) is 10. The monoisotopic (exact) mass is 1940 g/mol. The van der Waals surface area contributed by atoms with E-state index in [2.05, 4.69) is 158 Å². The summed E-state index contributed by atoms with van der Waals surface area (Å²) in [5, 5.41) is 55.7. The molecule has 10 N–H and O–H groups in total. The second kappa shape index (κ2) is 43.9. The van der Waals surface area contributed by atoms with Crippen LogP contribution in [0.1, 0.15) is 248 Å². The van der Waals surface area contributed by atoms with Gasteiger partial charge in [-0.1, -0.05) is 167 Å². The van der Waals surface area contributed by atoms with Crippen LogP contribution in [0.4, 0.5) is 29.1 Å². The predicted octanol–water partition coefficient (Wildman–Crippen LogP) is 21.1. The maximum absolute atomic E-state index is 13.1. The molecule has 11 aromatic rings. The predicted molar refractivity (Wildman–Crippen MR) is 529 cm³/mol. The lowest BCUT2D eigenvalue weighted by Gasteiger charge is -2.30. The molecule has 137 heavy (non-hydrogen) atoms. The molecular formula is C105H117BrClN15O15. The number of anilines is 5. The Bertz CT molecular complexity index is 6540. The number of nitrogens with zero attached hydrogens (tertiary/aromatic N) is 5. The van der Waals surface area contributed by atoms with E-state index >= 15 is 0 Å². The molecular weight excluding hydrogens is 1830 g/mol. The fourth-order valence-corrected chi connectivity index (χ4v) is 20.5. The molecule has 20 rings (SSSR count). The average Bonchev–Trinajstić information content (AvgIpc) is 1.68. The van der Waals surface area contributed by atoms with Crippen LogP contribution in [0.15, 0.2) is 195 Å². The van der Waals surface area contributed by atoms with Gasteiger partial charge in [-0.15, -0.1) is 0 Å². The Morgan fingerprint density at radius 1 is 0.409 bits per heavy atom. The van der Waals surface area contributed by atoms with Crippen LogP contribution in [-0.4, -0.2) is 147 Å². The molecule has 32 heteroatoms. The summed E-state index contributed by atoms with van der Waals surface area (Å²) in [7, 11) is 1.66. The molecule has 0 bridgehead atoms. The number of carbonyl (C=O) groups is 5. The lowest BCUT2D eigenvalue weighted by Crippen LogP contribution is -2.25. The van der Waals surface area contributed by atoms with Gasteiger partial charge in [0.05, 0.1) is 142 Å². The number of methoxy groups -OCH3 is 1. The van der Waals surface area contributed by atoms with Gasteiger partial charge in [0.15, 0.2) is 0 Å². The molecule has 0 amide bonds. The van der Waals surface area contributed by atoms with Gasteiger partial charge in [0, 0.05) is 118 Å². The van der Waals surface area contributed by atoms with Gasteiger partial charge < -0.3 is 74.0 Å². The lowest BCUT2D eigenvalue weighted by atomic mass is 9.79. The Morgan fingerprint density at radius 3 is 1.24 bits per heavy atom. The van der Waals surface area contributed by atoms with Crippen molar-refractivity contribution in [2.24, 2.45) is 0 Å². The number of hydrogen-bond acceptors (Lipinski definition) is 25. The van der Waals surface area contributed by atoms with E-state index in [1.54, 1.807) is 38.1 Å². The van der Waals surface area contributed by atoms with Crippen molar-refractivity contribution in [3.8, 4) is 28.7 Å². The van der Waals surface area contributed by atoms with Crippen LogP contribution < -0.4 is 50.3 Å². The van der Waals surface area contributed by atoms with Gasteiger partial charge in [0.2, 0.25) is 0 Å². The molecule has 0 saturated heterocycles. The smallest absolute Gasteiger partial charge is 0.336 e. The number of carbonyl (C=O) groups excluding carboxylic acids is 5. The standard InChI is InChI=1S/C23H25N3O3.C21H24ClN3O3.C21H23N3O3.C20H22BrN3O3.C20H23N3O3/c1-4-8-17-21(23(27)29-5-2)20(16-13-24-26-22(16)25-17)19-15-10-7-6-9-14(15)11-12-18(19)28-3;1-4-6-16-18(21(26)27-5-2)17(15-10-23-25-20(15)24-16)14-9-13(22)8-12-7-11(3)28-19(12)14;1-3-7-16-18(21(25)26-4-2)17(15-12-22-24-20(15)23-16)14-10-5-8-13-9-6-11-27-19(13)14;1-3-5-15-17(20(25)26-4-2)16(14-10-22-24-19(14)23-15)13-9-12(21)8-11-6-7-27-18(11)13;1-3-6-15-17(20(24)25-4-2)16(14-11-21-23-19(14)22-15)13-8-5-7-12-9-10-26-18(12)13/h6-7,9-13,20H,4-5,8H2,1-3H3,(H2,24,25,26);8-11,17H,4-7H2,1-3H3,(H2,23,24,25);5-6,8-10,12,17H,3-4,7,11H2,1-2H3,(H2,22,23,24);8-10,16H,3-7H2,1-2H3,(H2,22,23,24);5,7-8,11,16H,3-4,6,9-10H2,1-2H3,(H2,21,22,23). The third kappa shape index (κ3) is 19.7. The normalized spacial score (nSPS) is 17.9. The quantitative estimate of drug-likeness (QED) is 0.0178. The number of aromatic amines is 5. The molecule has 30 nitrogen and oxygen atoms in total. The Labute approximate surface area is 809 Å². The van der Waals surface area contributed by atoms with Crippen LogP contribution in [0.5, 0.6) is 28.7 Å². The van der Waals surface area contributed by atoms with Gasteiger partial charge >= 0.3 is 29.8 Å². The molecule has 0 radical (unpaired) electrons. The second-order valence-corrected chi connectivity index (χ2v) is 35.5. The van der Waals surface area contributed by atoms with Crippen molar-refractivity contribution in [2.75, 3.05) is 86.5 Å². The van der Waals surface area contributed by atoms with E-state index < -0.39 is 0 Å². The van der Waals surface area contributed by atoms with Gasteiger partial charge in [-0.2, -0.15) is 25.5 Å². The highest BCUT2D eigenvalue weighted by Crippen LogP contribution is 2.55. The Morgan fingerprint density at radius 2 is 0.803 bits per heavy atom. The van der Waals surface area contributed by atoms with E-state index in [1.165, 1.54) is 5.56 Å². The van der Waals surface area contributed by atoms with Crippen molar-refractivity contribution < 1.29 is 71.3 Å². The summed E-state index contributed by atoms with van der Waals surface area (Å²) in [4.78, 5) is 65.0. The van der Waals surface area contributed by atoms with Gasteiger partial charge in [0.1, 0.15) is 70.5 Å². The molecule has 0 fully saturated rings. The first-order valence-electron chi connectivity index (χ1n) is 47.5. The van der Waals surface area contributed by atoms with Gasteiger partial charge in [-0.05, 0) is 138 Å². The number of ether oxygens (including phenoxy) is 10. The summed E-state index contributed by atoms with van der Waals surface area (Å²) in [5.74, 6) is 5.18.